The van der Waals surface area contributed by atoms with Crippen LogP contribution in [0.2, 0.25) is 0 Å². The molecule has 2 heterocycles. The highest BCUT2D eigenvalue weighted by atomic mass is 32.1. The van der Waals surface area contributed by atoms with E-state index in [1.807, 2.05) is 0 Å². The normalized spacial score (nSPS) is 15.7. The van der Waals surface area contributed by atoms with Crippen LogP contribution in [0.15, 0.2) is 24.3 Å². The number of hydrogen-bond donors (Lipinski definition) is 1. The molecule has 1 aliphatic rings. The third-order valence-corrected chi connectivity index (χ3v) is 4.42. The maximum absolute atomic E-state index is 12.8. The minimum atomic E-state index is -0.365. The van der Waals surface area contributed by atoms with Crippen LogP contribution in [0.3, 0.4) is 0 Å². The fraction of sp³-hybridized carbons (Fsp3) is 0.400. The zero-order valence-corrected chi connectivity index (χ0v) is 12.9. The average molecular weight is 320 g/mol. The predicted molar refractivity (Wildman–Crippen MR) is 83.4 cm³/mol. The summed E-state index contributed by atoms with van der Waals surface area (Å²) < 4.78 is 12.8. The molecule has 0 spiro atoms. The first-order chi connectivity index (χ1) is 10.7. The van der Waals surface area contributed by atoms with E-state index in [-0.39, 0.29) is 11.7 Å². The molecule has 22 heavy (non-hydrogen) atoms. The van der Waals surface area contributed by atoms with Crippen molar-refractivity contribution in [2.24, 2.45) is 0 Å². The van der Waals surface area contributed by atoms with Gasteiger partial charge in [-0.05, 0) is 50.2 Å². The van der Waals surface area contributed by atoms with Gasteiger partial charge in [0, 0.05) is 5.56 Å². The van der Waals surface area contributed by atoms with Crippen molar-refractivity contribution in [1.82, 2.24) is 15.1 Å². The Bertz CT molecular complexity index is 637. The molecule has 1 aromatic carbocycles. The number of halogens is 1. The van der Waals surface area contributed by atoms with E-state index in [1.54, 1.807) is 0 Å². The molecule has 0 aliphatic carbocycles. The van der Waals surface area contributed by atoms with Crippen LogP contribution >= 0.6 is 11.3 Å². The smallest absolute Gasteiger partial charge is 0.257 e. The van der Waals surface area contributed by atoms with Gasteiger partial charge in [-0.15, -0.1) is 10.2 Å². The molecule has 1 aromatic heterocycles. The van der Waals surface area contributed by atoms with Crippen LogP contribution in [-0.4, -0.2) is 34.1 Å². The largest absolute Gasteiger partial charge is 0.297 e. The number of carbonyl (C=O) groups excluding carboxylic acids is 1. The molecular formula is C15H17FN4OS. The SMILES string of the molecule is O=C(Nc1nnc(CN2CCCCC2)s1)c1ccc(F)cc1. The van der Waals surface area contributed by atoms with Crippen LogP contribution in [0.4, 0.5) is 9.52 Å². The number of carbonyl (C=O) groups is 1. The zero-order chi connectivity index (χ0) is 15.4. The lowest BCUT2D eigenvalue weighted by Crippen LogP contribution is -2.28. The minimum Gasteiger partial charge on any atom is -0.297 e. The van der Waals surface area contributed by atoms with Crippen molar-refractivity contribution in [2.45, 2.75) is 25.8 Å². The van der Waals surface area contributed by atoms with Crippen molar-refractivity contribution in [3.8, 4) is 0 Å². The number of nitrogens with one attached hydrogen (secondary N) is 1. The number of benzene rings is 1. The summed E-state index contributed by atoms with van der Waals surface area (Å²) in [5.74, 6) is -0.669. The van der Waals surface area contributed by atoms with Crippen molar-refractivity contribution in [3.05, 3.63) is 40.7 Å². The molecule has 2 aromatic rings. The molecule has 1 amide bonds. The van der Waals surface area contributed by atoms with Gasteiger partial charge in [-0.2, -0.15) is 0 Å². The maximum Gasteiger partial charge on any atom is 0.257 e. The van der Waals surface area contributed by atoms with Gasteiger partial charge < -0.3 is 0 Å². The topological polar surface area (TPSA) is 58.1 Å². The Hall–Kier alpha value is -1.86. The third kappa shape index (κ3) is 3.86. The van der Waals surface area contributed by atoms with Gasteiger partial charge in [-0.3, -0.25) is 15.0 Å². The van der Waals surface area contributed by atoms with E-state index in [2.05, 4.69) is 20.4 Å². The lowest BCUT2D eigenvalue weighted by atomic mass is 10.1. The lowest BCUT2D eigenvalue weighted by Gasteiger charge is -2.24. The highest BCUT2D eigenvalue weighted by Gasteiger charge is 2.14. The van der Waals surface area contributed by atoms with Crippen molar-refractivity contribution in [1.29, 1.82) is 0 Å². The first-order valence-electron chi connectivity index (χ1n) is 7.32. The van der Waals surface area contributed by atoms with E-state index < -0.39 is 0 Å². The summed E-state index contributed by atoms with van der Waals surface area (Å²) >= 11 is 1.38. The molecule has 116 valence electrons. The van der Waals surface area contributed by atoms with Crippen LogP contribution in [0, 0.1) is 5.82 Å². The van der Waals surface area contributed by atoms with Gasteiger partial charge in [0.25, 0.3) is 5.91 Å². The van der Waals surface area contributed by atoms with E-state index >= 15 is 0 Å². The molecule has 5 nitrogen and oxygen atoms in total. The van der Waals surface area contributed by atoms with E-state index in [0.29, 0.717) is 10.7 Å². The Morgan fingerprint density at radius 1 is 1.18 bits per heavy atom. The van der Waals surface area contributed by atoms with Gasteiger partial charge >= 0.3 is 0 Å². The first-order valence-corrected chi connectivity index (χ1v) is 8.14. The molecule has 0 unspecified atom stereocenters. The monoisotopic (exact) mass is 320 g/mol. The molecule has 7 heteroatoms. The van der Waals surface area contributed by atoms with Crippen molar-refractivity contribution in [3.63, 3.8) is 0 Å². The Kier molecular flexibility index (Phi) is 4.74. The second-order valence-corrected chi connectivity index (χ2v) is 6.36. The Morgan fingerprint density at radius 2 is 1.91 bits per heavy atom. The second-order valence-electron chi connectivity index (χ2n) is 5.30. The van der Waals surface area contributed by atoms with Gasteiger partial charge in [-0.25, -0.2) is 4.39 Å². The predicted octanol–water partition coefficient (Wildman–Crippen LogP) is 2.92. The van der Waals surface area contributed by atoms with Crippen LogP contribution in [0.5, 0.6) is 0 Å². The maximum atomic E-state index is 12.8. The van der Waals surface area contributed by atoms with Gasteiger partial charge in [0.2, 0.25) is 5.13 Å². The van der Waals surface area contributed by atoms with Crippen LogP contribution in [-0.2, 0) is 6.54 Å². The quantitative estimate of drug-likeness (QED) is 0.941. The van der Waals surface area contributed by atoms with Gasteiger partial charge in [-0.1, -0.05) is 17.8 Å². The van der Waals surface area contributed by atoms with Crippen molar-refractivity contribution in [2.75, 3.05) is 18.4 Å². The Balaban J connectivity index is 1.58. The van der Waals surface area contributed by atoms with E-state index in [1.165, 1.54) is 54.9 Å². The molecule has 0 radical (unpaired) electrons. The first kappa shape index (κ1) is 15.1. The van der Waals surface area contributed by atoms with Crippen molar-refractivity contribution < 1.29 is 9.18 Å². The minimum absolute atomic E-state index is 0.305. The molecular weight excluding hydrogens is 303 g/mol. The number of rotatable bonds is 4. The number of aromatic nitrogens is 2. The number of nitrogens with zero attached hydrogens (tertiary/aromatic N) is 3. The van der Waals surface area contributed by atoms with Crippen LogP contribution in [0.1, 0.15) is 34.6 Å². The van der Waals surface area contributed by atoms with Crippen molar-refractivity contribution >= 4 is 22.4 Å². The van der Waals surface area contributed by atoms with E-state index in [9.17, 15) is 9.18 Å². The second kappa shape index (κ2) is 6.93. The molecule has 1 fully saturated rings. The zero-order valence-electron chi connectivity index (χ0n) is 12.1. The summed E-state index contributed by atoms with van der Waals surface area (Å²) in [5, 5.41) is 12.2. The summed E-state index contributed by atoms with van der Waals surface area (Å²) in [7, 11) is 0. The van der Waals surface area contributed by atoms with Gasteiger partial charge in [0.05, 0.1) is 6.54 Å². The fourth-order valence-corrected chi connectivity index (χ4v) is 3.22. The number of hydrogen-bond acceptors (Lipinski definition) is 5. The molecule has 1 N–H and O–H groups in total. The molecule has 0 saturated carbocycles. The van der Waals surface area contributed by atoms with Crippen LogP contribution in [0.25, 0.3) is 0 Å². The lowest BCUT2D eigenvalue weighted by molar-refractivity contribution is 0.102. The number of likely N-dealkylation sites (tertiary alicyclic amines) is 1. The fourth-order valence-electron chi connectivity index (χ4n) is 2.45. The molecule has 1 aliphatic heterocycles. The number of amides is 1. The van der Waals surface area contributed by atoms with Gasteiger partial charge in [0.15, 0.2) is 0 Å². The molecule has 3 rings (SSSR count). The summed E-state index contributed by atoms with van der Waals surface area (Å²) in [6.07, 6.45) is 3.76. The Morgan fingerprint density at radius 3 is 2.64 bits per heavy atom. The molecule has 1 saturated heterocycles. The number of piperidine rings is 1. The highest BCUT2D eigenvalue weighted by molar-refractivity contribution is 7.15. The molecule has 0 bridgehead atoms. The van der Waals surface area contributed by atoms with Gasteiger partial charge in [0.1, 0.15) is 10.8 Å². The summed E-state index contributed by atoms with van der Waals surface area (Å²) in [6, 6.07) is 5.41. The summed E-state index contributed by atoms with van der Waals surface area (Å²) in [6.45, 7) is 2.97. The Labute approximate surface area is 132 Å². The molecule has 0 atom stereocenters. The van der Waals surface area contributed by atoms with E-state index in [0.717, 1.165) is 24.6 Å². The number of anilines is 1. The van der Waals surface area contributed by atoms with Crippen LogP contribution < -0.4 is 5.32 Å². The summed E-state index contributed by atoms with van der Waals surface area (Å²) in [5.41, 5.74) is 0.397. The van der Waals surface area contributed by atoms with E-state index in [4.69, 9.17) is 0 Å². The summed E-state index contributed by atoms with van der Waals surface area (Å²) in [4.78, 5) is 14.4. The average Bonchev–Trinajstić information content (AvgIpc) is 2.96. The third-order valence-electron chi connectivity index (χ3n) is 3.60. The highest BCUT2D eigenvalue weighted by Crippen LogP contribution is 2.19. The standard InChI is InChI=1S/C15H17FN4OS/c16-12-6-4-11(5-7-12)14(21)17-15-19-18-13(22-15)10-20-8-2-1-3-9-20/h4-7H,1-3,8-10H2,(H,17,19,21).